The third kappa shape index (κ3) is 4.71. The highest BCUT2D eigenvalue weighted by Gasteiger charge is 2.20. The number of carbonyl (C=O) groups is 1. The van der Waals surface area contributed by atoms with Crippen LogP contribution in [0.15, 0.2) is 6.07 Å². The Morgan fingerprint density at radius 3 is 2.68 bits per heavy atom. The van der Waals surface area contributed by atoms with E-state index in [4.69, 9.17) is 17.3 Å². The van der Waals surface area contributed by atoms with Crippen molar-refractivity contribution in [3.63, 3.8) is 0 Å². The number of carbonyl (C=O) groups excluding carboxylic acids is 1. The van der Waals surface area contributed by atoms with Crippen LogP contribution in [0.25, 0.3) is 0 Å². The Bertz CT molecular complexity index is 498. The standard InChI is InChI=1S/C14H23ClN6O/c1-3-10(2)17-13(22)9-20-4-6-21(7-5-20)12-8-11(15)18-14(16)19-12/h8,10H,3-7,9H2,1-2H3,(H,17,22)(H2,16,18,19)/t10-/m1/s1. The van der Waals surface area contributed by atoms with E-state index >= 15 is 0 Å². The van der Waals surface area contributed by atoms with E-state index in [1.807, 2.05) is 6.92 Å². The topological polar surface area (TPSA) is 87.4 Å². The number of hydrogen-bond donors (Lipinski definition) is 2. The first-order valence-corrected chi connectivity index (χ1v) is 7.92. The Labute approximate surface area is 135 Å². The molecule has 0 saturated carbocycles. The zero-order valence-corrected chi connectivity index (χ0v) is 13.8. The van der Waals surface area contributed by atoms with Gasteiger partial charge >= 0.3 is 0 Å². The summed E-state index contributed by atoms with van der Waals surface area (Å²) in [5.41, 5.74) is 5.62. The summed E-state index contributed by atoms with van der Waals surface area (Å²) in [6.45, 7) is 7.67. The first-order chi connectivity index (χ1) is 10.5. The number of nitrogens with two attached hydrogens (primary N) is 1. The van der Waals surface area contributed by atoms with Gasteiger partial charge in [-0.3, -0.25) is 9.69 Å². The lowest BCUT2D eigenvalue weighted by Gasteiger charge is -2.35. The molecule has 1 atom stereocenters. The molecule has 2 rings (SSSR count). The maximum absolute atomic E-state index is 11.9. The third-order valence-corrected chi connectivity index (χ3v) is 3.98. The highest BCUT2D eigenvalue weighted by Crippen LogP contribution is 2.18. The Balaban J connectivity index is 1.84. The van der Waals surface area contributed by atoms with E-state index < -0.39 is 0 Å². The van der Waals surface area contributed by atoms with E-state index in [2.05, 4.69) is 32.0 Å². The van der Waals surface area contributed by atoms with Gasteiger partial charge in [-0.1, -0.05) is 18.5 Å². The predicted molar refractivity (Wildman–Crippen MR) is 88.0 cm³/mol. The molecule has 0 unspecified atom stereocenters. The summed E-state index contributed by atoms with van der Waals surface area (Å²) < 4.78 is 0. The number of hydrogen-bond acceptors (Lipinski definition) is 6. The van der Waals surface area contributed by atoms with Crippen LogP contribution >= 0.6 is 11.6 Å². The average molecular weight is 327 g/mol. The molecule has 1 aromatic rings. The fourth-order valence-corrected chi connectivity index (χ4v) is 2.53. The fraction of sp³-hybridized carbons (Fsp3) is 0.643. The molecule has 0 spiro atoms. The number of nitrogens with zero attached hydrogens (tertiary/aromatic N) is 4. The number of nitrogen functional groups attached to an aromatic ring is 1. The molecule has 22 heavy (non-hydrogen) atoms. The van der Waals surface area contributed by atoms with Gasteiger partial charge in [0.25, 0.3) is 0 Å². The molecule has 1 saturated heterocycles. The lowest BCUT2D eigenvalue weighted by atomic mass is 10.2. The van der Waals surface area contributed by atoms with Gasteiger partial charge in [0.15, 0.2) is 0 Å². The van der Waals surface area contributed by atoms with E-state index in [1.54, 1.807) is 6.07 Å². The summed E-state index contributed by atoms with van der Waals surface area (Å²) in [6, 6.07) is 1.93. The molecule has 1 aliphatic heterocycles. The van der Waals surface area contributed by atoms with Crippen molar-refractivity contribution in [3.8, 4) is 0 Å². The van der Waals surface area contributed by atoms with Crippen LogP contribution in [-0.4, -0.2) is 59.5 Å². The third-order valence-electron chi connectivity index (χ3n) is 3.78. The highest BCUT2D eigenvalue weighted by molar-refractivity contribution is 6.29. The molecular weight excluding hydrogens is 304 g/mol. The minimum absolute atomic E-state index is 0.0807. The van der Waals surface area contributed by atoms with Crippen molar-refractivity contribution in [2.75, 3.05) is 43.4 Å². The van der Waals surface area contributed by atoms with Gasteiger partial charge < -0.3 is 16.0 Å². The molecular formula is C14H23ClN6O. The number of rotatable bonds is 5. The van der Waals surface area contributed by atoms with Gasteiger partial charge in [0, 0.05) is 38.3 Å². The minimum atomic E-state index is 0.0807. The highest BCUT2D eigenvalue weighted by atomic mass is 35.5. The number of halogens is 1. The van der Waals surface area contributed by atoms with Crippen LogP contribution < -0.4 is 16.0 Å². The molecule has 0 aliphatic carbocycles. The molecule has 8 heteroatoms. The number of anilines is 2. The molecule has 1 amide bonds. The predicted octanol–water partition coefficient (Wildman–Crippen LogP) is 0.749. The second-order valence-corrected chi connectivity index (χ2v) is 5.93. The first kappa shape index (κ1) is 16.8. The number of piperazine rings is 1. The zero-order chi connectivity index (χ0) is 16.1. The van der Waals surface area contributed by atoms with Gasteiger partial charge in [-0.2, -0.15) is 4.98 Å². The molecule has 0 radical (unpaired) electrons. The number of nitrogens with one attached hydrogen (secondary N) is 1. The monoisotopic (exact) mass is 326 g/mol. The summed E-state index contributed by atoms with van der Waals surface area (Å²) in [4.78, 5) is 24.2. The molecule has 1 fully saturated rings. The maximum Gasteiger partial charge on any atom is 0.234 e. The van der Waals surface area contributed by atoms with Crippen molar-refractivity contribution in [2.45, 2.75) is 26.3 Å². The largest absolute Gasteiger partial charge is 0.368 e. The summed E-state index contributed by atoms with van der Waals surface area (Å²) in [5, 5.41) is 3.33. The summed E-state index contributed by atoms with van der Waals surface area (Å²) >= 11 is 5.91. The van der Waals surface area contributed by atoms with Crippen LogP contribution in [0, 0.1) is 0 Å². The van der Waals surface area contributed by atoms with E-state index in [1.165, 1.54) is 0 Å². The molecule has 1 aromatic heterocycles. The smallest absolute Gasteiger partial charge is 0.234 e. The summed E-state index contributed by atoms with van der Waals surface area (Å²) in [6.07, 6.45) is 0.940. The molecule has 1 aliphatic rings. The van der Waals surface area contributed by atoms with Crippen molar-refractivity contribution >= 4 is 29.3 Å². The van der Waals surface area contributed by atoms with Crippen LogP contribution in [-0.2, 0) is 4.79 Å². The van der Waals surface area contributed by atoms with Gasteiger partial charge in [0.1, 0.15) is 11.0 Å². The van der Waals surface area contributed by atoms with E-state index in [-0.39, 0.29) is 17.9 Å². The van der Waals surface area contributed by atoms with Crippen molar-refractivity contribution in [2.24, 2.45) is 0 Å². The Morgan fingerprint density at radius 2 is 2.09 bits per heavy atom. The van der Waals surface area contributed by atoms with Crippen molar-refractivity contribution < 1.29 is 4.79 Å². The number of aromatic nitrogens is 2. The molecule has 2 heterocycles. The van der Waals surface area contributed by atoms with Gasteiger partial charge in [-0.15, -0.1) is 0 Å². The van der Waals surface area contributed by atoms with Gasteiger partial charge in [0.05, 0.1) is 6.54 Å². The van der Waals surface area contributed by atoms with Crippen molar-refractivity contribution in [3.05, 3.63) is 11.2 Å². The molecule has 0 bridgehead atoms. The Morgan fingerprint density at radius 1 is 1.41 bits per heavy atom. The van der Waals surface area contributed by atoms with Gasteiger partial charge in [-0.05, 0) is 13.3 Å². The molecule has 7 nitrogen and oxygen atoms in total. The molecule has 3 N–H and O–H groups in total. The van der Waals surface area contributed by atoms with Crippen molar-refractivity contribution in [1.82, 2.24) is 20.2 Å². The minimum Gasteiger partial charge on any atom is -0.368 e. The van der Waals surface area contributed by atoms with Gasteiger partial charge in [-0.25, -0.2) is 4.98 Å². The Hall–Kier alpha value is -1.60. The zero-order valence-electron chi connectivity index (χ0n) is 13.0. The average Bonchev–Trinajstić information content (AvgIpc) is 2.46. The van der Waals surface area contributed by atoms with Gasteiger partial charge in [0.2, 0.25) is 11.9 Å². The number of amides is 1. The lowest BCUT2D eigenvalue weighted by molar-refractivity contribution is -0.122. The van der Waals surface area contributed by atoms with Crippen LogP contribution in [0.3, 0.4) is 0 Å². The fourth-order valence-electron chi connectivity index (χ4n) is 2.35. The lowest BCUT2D eigenvalue weighted by Crippen LogP contribution is -2.50. The second kappa shape index (κ2) is 7.60. The van der Waals surface area contributed by atoms with E-state index in [0.717, 1.165) is 38.4 Å². The maximum atomic E-state index is 11.9. The summed E-state index contributed by atoms with van der Waals surface area (Å²) in [5.74, 6) is 0.996. The summed E-state index contributed by atoms with van der Waals surface area (Å²) in [7, 11) is 0. The van der Waals surface area contributed by atoms with Crippen LogP contribution in [0.2, 0.25) is 5.15 Å². The Kier molecular flexibility index (Phi) is 5.79. The SMILES string of the molecule is CC[C@@H](C)NC(=O)CN1CCN(c2cc(Cl)nc(N)n2)CC1. The van der Waals surface area contributed by atoms with Crippen LogP contribution in [0.4, 0.5) is 11.8 Å². The molecule has 0 aromatic carbocycles. The van der Waals surface area contributed by atoms with E-state index in [9.17, 15) is 4.79 Å². The quantitative estimate of drug-likeness (QED) is 0.776. The first-order valence-electron chi connectivity index (χ1n) is 7.54. The second-order valence-electron chi connectivity index (χ2n) is 5.55. The molecule has 122 valence electrons. The van der Waals surface area contributed by atoms with Crippen LogP contribution in [0.5, 0.6) is 0 Å². The van der Waals surface area contributed by atoms with E-state index in [0.29, 0.717) is 11.7 Å². The normalized spacial score (nSPS) is 17.3. The van der Waals surface area contributed by atoms with Crippen LogP contribution in [0.1, 0.15) is 20.3 Å². The van der Waals surface area contributed by atoms with Crippen molar-refractivity contribution in [1.29, 1.82) is 0 Å².